The molecule has 0 saturated carbocycles. The molecular formula is C14H17NO. The molecule has 2 nitrogen and oxygen atoms in total. The largest absolute Gasteiger partial charge is 0.457 e. The Morgan fingerprint density at radius 3 is 2.62 bits per heavy atom. The molecule has 0 bridgehead atoms. The van der Waals surface area contributed by atoms with Crippen LogP contribution in [0.1, 0.15) is 13.8 Å². The molecule has 2 N–H and O–H groups in total. The quantitative estimate of drug-likeness (QED) is 0.742. The Labute approximate surface area is 95.4 Å². The van der Waals surface area contributed by atoms with E-state index in [0.717, 1.165) is 21.9 Å². The van der Waals surface area contributed by atoms with E-state index in [1.165, 1.54) is 0 Å². The van der Waals surface area contributed by atoms with Crippen molar-refractivity contribution < 1.29 is 4.42 Å². The maximum Gasteiger partial charge on any atom is 0.135 e. The van der Waals surface area contributed by atoms with Crippen LogP contribution in [0, 0.1) is 0 Å². The van der Waals surface area contributed by atoms with Crippen molar-refractivity contribution in [2.45, 2.75) is 13.8 Å². The zero-order valence-electron chi connectivity index (χ0n) is 9.79. The van der Waals surface area contributed by atoms with Gasteiger partial charge in [-0.2, -0.15) is 0 Å². The smallest absolute Gasteiger partial charge is 0.135 e. The number of hydrogen-bond acceptors (Lipinski definition) is 2. The lowest BCUT2D eigenvalue weighted by atomic mass is 10.2. The zero-order valence-corrected chi connectivity index (χ0v) is 9.79. The summed E-state index contributed by atoms with van der Waals surface area (Å²) in [5.41, 5.74) is 7.86. The SMILES string of the molecule is C=C/C=c1\c(=C)oc2ccc(N)cc12.CC. The van der Waals surface area contributed by atoms with Crippen molar-refractivity contribution >= 4 is 29.3 Å². The van der Waals surface area contributed by atoms with E-state index in [1.54, 1.807) is 6.08 Å². The molecule has 0 spiro atoms. The van der Waals surface area contributed by atoms with Crippen molar-refractivity contribution in [3.63, 3.8) is 0 Å². The van der Waals surface area contributed by atoms with E-state index < -0.39 is 0 Å². The van der Waals surface area contributed by atoms with E-state index in [1.807, 2.05) is 38.1 Å². The predicted molar refractivity (Wildman–Crippen MR) is 71.4 cm³/mol. The molecule has 0 radical (unpaired) electrons. The monoisotopic (exact) mass is 215 g/mol. The summed E-state index contributed by atoms with van der Waals surface area (Å²) in [6, 6.07) is 5.53. The van der Waals surface area contributed by atoms with Crippen molar-refractivity contribution in [1.29, 1.82) is 0 Å². The lowest BCUT2D eigenvalue weighted by molar-refractivity contribution is 0.577. The maximum absolute atomic E-state index is 5.70. The highest BCUT2D eigenvalue weighted by Gasteiger charge is 2.00. The Morgan fingerprint density at radius 2 is 2.00 bits per heavy atom. The van der Waals surface area contributed by atoms with E-state index in [-0.39, 0.29) is 0 Å². The summed E-state index contributed by atoms with van der Waals surface area (Å²) in [6.07, 6.45) is 3.58. The van der Waals surface area contributed by atoms with Gasteiger partial charge in [-0.1, -0.05) is 39.2 Å². The molecule has 2 rings (SSSR count). The molecule has 1 aromatic carbocycles. The van der Waals surface area contributed by atoms with E-state index in [0.29, 0.717) is 5.42 Å². The summed E-state index contributed by atoms with van der Waals surface area (Å²) >= 11 is 0. The molecule has 0 amide bonds. The molecule has 84 valence electrons. The molecule has 0 unspecified atom stereocenters. The second-order valence-electron chi connectivity index (χ2n) is 3.10. The highest BCUT2D eigenvalue weighted by molar-refractivity contribution is 5.82. The Hall–Kier alpha value is -1.96. The molecule has 0 saturated heterocycles. The van der Waals surface area contributed by atoms with Crippen LogP contribution in [0.15, 0.2) is 35.3 Å². The highest BCUT2D eigenvalue weighted by Crippen LogP contribution is 2.12. The van der Waals surface area contributed by atoms with Gasteiger partial charge in [-0.15, -0.1) is 0 Å². The number of anilines is 1. The Bertz CT molecular complexity index is 593. The van der Waals surface area contributed by atoms with Gasteiger partial charge in [-0.3, -0.25) is 0 Å². The normalized spacial score (nSPS) is 11.0. The van der Waals surface area contributed by atoms with Crippen LogP contribution in [0.4, 0.5) is 5.69 Å². The van der Waals surface area contributed by atoms with E-state index in [2.05, 4.69) is 13.2 Å². The van der Waals surface area contributed by atoms with Crippen molar-refractivity contribution in [2.75, 3.05) is 5.73 Å². The van der Waals surface area contributed by atoms with Crippen molar-refractivity contribution in [1.82, 2.24) is 0 Å². The van der Waals surface area contributed by atoms with Crippen molar-refractivity contribution in [2.24, 2.45) is 0 Å². The lowest BCUT2D eigenvalue weighted by Gasteiger charge is -1.90. The minimum atomic E-state index is 0.644. The zero-order chi connectivity index (χ0) is 12.1. The second kappa shape index (κ2) is 5.21. The van der Waals surface area contributed by atoms with Gasteiger partial charge in [0.2, 0.25) is 0 Å². The average molecular weight is 215 g/mol. The van der Waals surface area contributed by atoms with Crippen LogP contribution < -0.4 is 16.4 Å². The molecule has 0 aliphatic heterocycles. The third-order valence-corrected chi connectivity index (χ3v) is 2.11. The Morgan fingerprint density at radius 1 is 1.31 bits per heavy atom. The van der Waals surface area contributed by atoms with Crippen LogP contribution in [0.5, 0.6) is 0 Å². The molecule has 0 fully saturated rings. The molecule has 1 aromatic heterocycles. The van der Waals surface area contributed by atoms with Gasteiger partial charge in [0, 0.05) is 16.3 Å². The fourth-order valence-electron chi connectivity index (χ4n) is 1.49. The highest BCUT2D eigenvalue weighted by atomic mass is 16.3. The number of furan rings is 1. The third kappa shape index (κ3) is 2.16. The first-order valence-electron chi connectivity index (χ1n) is 5.32. The van der Waals surface area contributed by atoms with Crippen LogP contribution in [-0.2, 0) is 0 Å². The van der Waals surface area contributed by atoms with Crippen LogP contribution in [0.2, 0.25) is 0 Å². The van der Waals surface area contributed by atoms with Crippen LogP contribution in [-0.4, -0.2) is 0 Å². The van der Waals surface area contributed by atoms with E-state index >= 15 is 0 Å². The van der Waals surface area contributed by atoms with Gasteiger partial charge in [-0.25, -0.2) is 0 Å². The van der Waals surface area contributed by atoms with E-state index in [9.17, 15) is 0 Å². The topological polar surface area (TPSA) is 39.2 Å². The average Bonchev–Trinajstić information content (AvgIpc) is 2.59. The van der Waals surface area contributed by atoms with Gasteiger partial charge >= 0.3 is 0 Å². The van der Waals surface area contributed by atoms with Gasteiger partial charge in [0.15, 0.2) is 0 Å². The van der Waals surface area contributed by atoms with Crippen LogP contribution in [0.25, 0.3) is 23.6 Å². The summed E-state index contributed by atoms with van der Waals surface area (Å²) in [6.45, 7) is 11.5. The summed E-state index contributed by atoms with van der Waals surface area (Å²) in [5, 5.41) is 1.93. The van der Waals surface area contributed by atoms with E-state index in [4.69, 9.17) is 10.2 Å². The first-order valence-corrected chi connectivity index (χ1v) is 5.32. The standard InChI is InChI=1S/C12H11NO.C2H6/c1-3-4-10-8(2)14-12-6-5-9(13)7-11(10)12;1-2/h3-7H,1-2,13H2;1-2H3/b10-4+;. The van der Waals surface area contributed by atoms with Crippen LogP contribution in [0.3, 0.4) is 0 Å². The van der Waals surface area contributed by atoms with Crippen LogP contribution >= 0.6 is 0 Å². The van der Waals surface area contributed by atoms with Gasteiger partial charge in [0.25, 0.3) is 0 Å². The second-order valence-corrected chi connectivity index (χ2v) is 3.10. The molecule has 0 aliphatic carbocycles. The summed E-state index contributed by atoms with van der Waals surface area (Å²) < 4.78 is 5.46. The van der Waals surface area contributed by atoms with Gasteiger partial charge in [0.05, 0.1) is 0 Å². The Kier molecular flexibility index (Phi) is 3.95. The third-order valence-electron chi connectivity index (χ3n) is 2.11. The Balaban J connectivity index is 0.000000606. The number of benzene rings is 1. The number of rotatable bonds is 1. The molecule has 16 heavy (non-hydrogen) atoms. The summed E-state index contributed by atoms with van der Waals surface area (Å²) in [4.78, 5) is 0. The lowest BCUT2D eigenvalue weighted by Crippen LogP contribution is -2.17. The summed E-state index contributed by atoms with van der Waals surface area (Å²) in [5.74, 6) is 0. The minimum absolute atomic E-state index is 0.644. The molecule has 0 atom stereocenters. The maximum atomic E-state index is 5.70. The number of allylic oxidation sites excluding steroid dienone is 1. The van der Waals surface area contributed by atoms with Crippen molar-refractivity contribution in [3.05, 3.63) is 41.5 Å². The van der Waals surface area contributed by atoms with Gasteiger partial charge in [0.1, 0.15) is 11.0 Å². The van der Waals surface area contributed by atoms with Gasteiger partial charge < -0.3 is 10.2 Å². The summed E-state index contributed by atoms with van der Waals surface area (Å²) in [7, 11) is 0. The number of fused-ring (bicyclic) bond motifs is 1. The molecule has 1 heterocycles. The molecule has 0 aliphatic rings. The molecule has 2 aromatic rings. The molecular weight excluding hydrogens is 198 g/mol. The predicted octanol–water partition coefficient (Wildman–Crippen LogP) is 2.42. The van der Waals surface area contributed by atoms with Gasteiger partial charge in [-0.05, 0) is 18.2 Å². The first kappa shape index (κ1) is 12.1. The van der Waals surface area contributed by atoms with Crippen molar-refractivity contribution in [3.8, 4) is 0 Å². The first-order chi connectivity index (χ1) is 7.72. The number of hydrogen-bond donors (Lipinski definition) is 1. The fraction of sp³-hybridized carbons (Fsp3) is 0.143. The number of nitrogens with two attached hydrogens (primary N) is 1. The number of nitrogen functional groups attached to an aromatic ring is 1. The minimum Gasteiger partial charge on any atom is -0.457 e. The molecule has 2 heteroatoms. The fourth-order valence-corrected chi connectivity index (χ4v) is 1.49.